The summed E-state index contributed by atoms with van der Waals surface area (Å²) >= 11 is 12.4. The van der Waals surface area contributed by atoms with Crippen LogP contribution >= 0.6 is 23.2 Å². The molecule has 3 rings (SSSR count). The molecule has 2 N–H and O–H groups in total. The summed E-state index contributed by atoms with van der Waals surface area (Å²) in [7, 11) is 0. The number of halogens is 2. The first-order valence-electron chi connectivity index (χ1n) is 7.91. The summed E-state index contributed by atoms with van der Waals surface area (Å²) < 4.78 is 5.92. The summed E-state index contributed by atoms with van der Waals surface area (Å²) in [6.07, 6.45) is 2.44. The molecule has 1 unspecified atom stereocenters. The minimum Gasteiger partial charge on any atom is -0.465 e. The van der Waals surface area contributed by atoms with Crippen LogP contribution in [0.2, 0.25) is 10.0 Å². The fourth-order valence-electron chi connectivity index (χ4n) is 2.51. The van der Waals surface area contributed by atoms with E-state index in [0.29, 0.717) is 34.4 Å². The van der Waals surface area contributed by atoms with Gasteiger partial charge in [-0.3, -0.25) is 10.3 Å². The van der Waals surface area contributed by atoms with Crippen LogP contribution in [0.5, 0.6) is 5.75 Å². The Balaban J connectivity index is 1.83. The van der Waals surface area contributed by atoms with Gasteiger partial charge in [-0.05, 0) is 30.3 Å². The number of hydrogen-bond acceptors (Lipinski definition) is 4. The molecule has 1 saturated heterocycles. The van der Waals surface area contributed by atoms with Crippen molar-refractivity contribution in [1.82, 2.24) is 20.5 Å². The molecule has 25 heavy (non-hydrogen) atoms. The quantitative estimate of drug-likeness (QED) is 0.799. The van der Waals surface area contributed by atoms with Gasteiger partial charge in [-0.15, -0.1) is 0 Å². The fraction of sp³-hybridized carbons (Fsp3) is 0.294. The number of carbonyl (C=O) groups excluding carboxylic acids is 1. The standard InChI is InChI=1S/C17H18Cl2N4O2/c18-12-3-4-15(19)14(10-12)16(25-13-2-1-5-21-11-13)22-17(24)23-8-6-20-7-9-23/h1-5,10-11,16,20H,6-9H2,(H,22,24). The highest BCUT2D eigenvalue weighted by Crippen LogP contribution is 2.28. The number of rotatable bonds is 4. The Morgan fingerprint density at radius 2 is 2.08 bits per heavy atom. The number of benzene rings is 1. The van der Waals surface area contributed by atoms with E-state index in [2.05, 4.69) is 15.6 Å². The number of pyridine rings is 1. The fourth-order valence-corrected chi connectivity index (χ4v) is 2.91. The molecule has 132 valence electrons. The molecule has 0 aliphatic carbocycles. The second kappa shape index (κ2) is 8.38. The van der Waals surface area contributed by atoms with Gasteiger partial charge in [-0.25, -0.2) is 4.79 Å². The van der Waals surface area contributed by atoms with Crippen LogP contribution in [0.15, 0.2) is 42.7 Å². The Bertz CT molecular complexity index is 724. The number of urea groups is 1. The van der Waals surface area contributed by atoms with Crippen LogP contribution in [0.1, 0.15) is 11.8 Å². The van der Waals surface area contributed by atoms with Crippen LogP contribution < -0.4 is 15.4 Å². The summed E-state index contributed by atoms with van der Waals surface area (Å²) in [5.41, 5.74) is 0.585. The van der Waals surface area contributed by atoms with Crippen LogP contribution in [-0.4, -0.2) is 42.1 Å². The third kappa shape index (κ3) is 4.75. The largest absolute Gasteiger partial charge is 0.465 e. The van der Waals surface area contributed by atoms with E-state index >= 15 is 0 Å². The van der Waals surface area contributed by atoms with Gasteiger partial charge in [0.05, 0.1) is 6.20 Å². The molecule has 1 fully saturated rings. The Morgan fingerprint density at radius 3 is 2.80 bits per heavy atom. The van der Waals surface area contributed by atoms with Crippen molar-refractivity contribution in [2.45, 2.75) is 6.23 Å². The van der Waals surface area contributed by atoms with Crippen LogP contribution in [0.25, 0.3) is 0 Å². The first kappa shape index (κ1) is 17.8. The molecule has 0 radical (unpaired) electrons. The van der Waals surface area contributed by atoms with Crippen molar-refractivity contribution in [3.05, 3.63) is 58.3 Å². The van der Waals surface area contributed by atoms with E-state index in [1.54, 1.807) is 47.6 Å². The Labute approximate surface area is 156 Å². The maximum Gasteiger partial charge on any atom is 0.320 e. The van der Waals surface area contributed by atoms with E-state index in [9.17, 15) is 4.79 Å². The van der Waals surface area contributed by atoms with E-state index in [1.165, 1.54) is 0 Å². The molecule has 1 aromatic heterocycles. The van der Waals surface area contributed by atoms with Crippen LogP contribution in [0, 0.1) is 0 Å². The lowest BCUT2D eigenvalue weighted by atomic mass is 10.2. The van der Waals surface area contributed by atoms with Crippen LogP contribution in [-0.2, 0) is 0 Å². The maximum absolute atomic E-state index is 12.6. The number of nitrogens with one attached hydrogen (secondary N) is 2. The molecular weight excluding hydrogens is 363 g/mol. The lowest BCUT2D eigenvalue weighted by molar-refractivity contribution is 0.140. The van der Waals surface area contributed by atoms with E-state index in [0.717, 1.165) is 13.1 Å². The van der Waals surface area contributed by atoms with Gasteiger partial charge in [0, 0.05) is 48.0 Å². The summed E-state index contributed by atoms with van der Waals surface area (Å²) in [6, 6.07) is 8.34. The van der Waals surface area contributed by atoms with Crippen molar-refractivity contribution in [3.8, 4) is 5.75 Å². The van der Waals surface area contributed by atoms with E-state index < -0.39 is 6.23 Å². The van der Waals surface area contributed by atoms with Gasteiger partial charge in [0.25, 0.3) is 0 Å². The van der Waals surface area contributed by atoms with Crippen molar-refractivity contribution in [2.75, 3.05) is 26.2 Å². The molecule has 1 aliphatic heterocycles. The predicted octanol–water partition coefficient (Wildman–Crippen LogP) is 3.08. The number of ether oxygens (including phenoxy) is 1. The number of amides is 2. The number of piperazine rings is 1. The monoisotopic (exact) mass is 380 g/mol. The van der Waals surface area contributed by atoms with Gasteiger partial charge < -0.3 is 15.0 Å². The molecule has 0 spiro atoms. The van der Waals surface area contributed by atoms with Crippen LogP contribution in [0.4, 0.5) is 4.79 Å². The van der Waals surface area contributed by atoms with Crippen molar-refractivity contribution in [3.63, 3.8) is 0 Å². The zero-order chi connectivity index (χ0) is 17.6. The highest BCUT2D eigenvalue weighted by Gasteiger charge is 2.24. The first-order valence-corrected chi connectivity index (χ1v) is 8.67. The molecule has 1 aliphatic rings. The minimum absolute atomic E-state index is 0.216. The van der Waals surface area contributed by atoms with Crippen molar-refractivity contribution >= 4 is 29.2 Å². The topological polar surface area (TPSA) is 66.5 Å². The number of nitrogens with zero attached hydrogens (tertiary/aromatic N) is 2. The summed E-state index contributed by atoms with van der Waals surface area (Å²) in [5.74, 6) is 0.518. The van der Waals surface area contributed by atoms with Gasteiger partial charge >= 0.3 is 6.03 Å². The molecule has 0 bridgehead atoms. The maximum atomic E-state index is 12.6. The zero-order valence-corrected chi connectivity index (χ0v) is 14.9. The second-order valence-electron chi connectivity index (χ2n) is 5.54. The summed E-state index contributed by atoms with van der Waals surface area (Å²) in [6.45, 7) is 2.79. The molecule has 2 amide bonds. The number of aromatic nitrogens is 1. The van der Waals surface area contributed by atoms with Crippen molar-refractivity contribution in [1.29, 1.82) is 0 Å². The van der Waals surface area contributed by atoms with Gasteiger partial charge in [0.1, 0.15) is 5.75 Å². The smallest absolute Gasteiger partial charge is 0.320 e. The first-order chi connectivity index (χ1) is 12.1. The number of carbonyl (C=O) groups is 1. The zero-order valence-electron chi connectivity index (χ0n) is 13.4. The molecular formula is C17H18Cl2N4O2. The Morgan fingerprint density at radius 1 is 1.28 bits per heavy atom. The lowest BCUT2D eigenvalue weighted by Crippen LogP contribution is -2.51. The van der Waals surface area contributed by atoms with Gasteiger partial charge in [0.2, 0.25) is 6.23 Å². The molecule has 1 atom stereocenters. The van der Waals surface area contributed by atoms with Crippen molar-refractivity contribution < 1.29 is 9.53 Å². The average molecular weight is 381 g/mol. The summed E-state index contributed by atoms with van der Waals surface area (Å²) in [5, 5.41) is 7.06. The lowest BCUT2D eigenvalue weighted by Gasteiger charge is -2.30. The minimum atomic E-state index is -0.780. The molecule has 8 heteroatoms. The number of hydrogen-bond donors (Lipinski definition) is 2. The highest BCUT2D eigenvalue weighted by molar-refractivity contribution is 6.33. The van der Waals surface area contributed by atoms with Crippen molar-refractivity contribution in [2.24, 2.45) is 0 Å². The van der Waals surface area contributed by atoms with Gasteiger partial charge in [-0.1, -0.05) is 23.2 Å². The van der Waals surface area contributed by atoms with Gasteiger partial charge in [0.15, 0.2) is 0 Å². The summed E-state index contributed by atoms with van der Waals surface area (Å²) in [4.78, 5) is 18.3. The predicted molar refractivity (Wildman–Crippen MR) is 97.0 cm³/mol. The molecule has 1 aromatic carbocycles. The molecule has 2 heterocycles. The van der Waals surface area contributed by atoms with Gasteiger partial charge in [-0.2, -0.15) is 0 Å². The third-order valence-electron chi connectivity index (χ3n) is 3.79. The Kier molecular flexibility index (Phi) is 5.96. The molecule has 6 nitrogen and oxygen atoms in total. The van der Waals surface area contributed by atoms with E-state index in [-0.39, 0.29) is 6.03 Å². The van der Waals surface area contributed by atoms with E-state index in [4.69, 9.17) is 27.9 Å². The van der Waals surface area contributed by atoms with E-state index in [1.807, 2.05) is 0 Å². The Hall–Kier alpha value is -2.02. The SMILES string of the molecule is O=C(NC(Oc1cccnc1)c1cc(Cl)ccc1Cl)N1CCNCC1. The molecule has 2 aromatic rings. The van der Waals surface area contributed by atoms with Crippen LogP contribution in [0.3, 0.4) is 0 Å². The normalized spacial score (nSPS) is 15.5. The highest BCUT2D eigenvalue weighted by atomic mass is 35.5. The second-order valence-corrected chi connectivity index (χ2v) is 6.38. The third-order valence-corrected chi connectivity index (χ3v) is 4.37. The average Bonchev–Trinajstić information content (AvgIpc) is 2.65. The molecule has 0 saturated carbocycles.